The number of phenols is 1. The number of hydrogen-bond acceptors (Lipinski definition) is 6. The van der Waals surface area contributed by atoms with E-state index in [0.29, 0.717) is 48.3 Å². The summed E-state index contributed by atoms with van der Waals surface area (Å²) in [5.41, 5.74) is 2.65. The van der Waals surface area contributed by atoms with Crippen molar-refractivity contribution < 1.29 is 19.7 Å². The Kier molecular flexibility index (Phi) is 7.03. The molecule has 4 rings (SSSR count). The Morgan fingerprint density at radius 3 is 2.64 bits per heavy atom. The lowest BCUT2D eigenvalue weighted by Crippen LogP contribution is -2.31. The van der Waals surface area contributed by atoms with Gasteiger partial charge in [0.1, 0.15) is 12.4 Å². The molecule has 0 amide bonds. The number of aliphatic hydroxyl groups is 1. The highest BCUT2D eigenvalue weighted by Crippen LogP contribution is 2.37. The van der Waals surface area contributed by atoms with Gasteiger partial charge in [-0.2, -0.15) is 0 Å². The maximum Gasteiger partial charge on any atom is 0.293 e. The average Bonchev–Trinajstić information content (AvgIpc) is 3.18. The number of fused-ring (bicyclic) bond motifs is 4. The van der Waals surface area contributed by atoms with Crippen molar-refractivity contribution in [3.63, 3.8) is 0 Å². The molecule has 1 aliphatic rings. The number of hydrogen-bond donors (Lipinski definition) is 2. The van der Waals surface area contributed by atoms with Gasteiger partial charge >= 0.3 is 0 Å². The minimum Gasteiger partial charge on any atom is -0.508 e. The third-order valence-corrected chi connectivity index (χ3v) is 6.05. The number of carbonyl (C=O) groups excluding carboxylic acids is 1. The van der Waals surface area contributed by atoms with Gasteiger partial charge in [0, 0.05) is 16.5 Å². The first-order valence-electron chi connectivity index (χ1n) is 11.1. The van der Waals surface area contributed by atoms with Gasteiger partial charge in [-0.05, 0) is 49.6 Å². The van der Waals surface area contributed by atoms with Gasteiger partial charge in [-0.15, -0.1) is 6.58 Å². The molecule has 0 bridgehead atoms. The third-order valence-electron chi connectivity index (χ3n) is 6.05. The van der Waals surface area contributed by atoms with Crippen LogP contribution in [0.1, 0.15) is 56.4 Å². The van der Waals surface area contributed by atoms with E-state index in [0.717, 1.165) is 16.5 Å². The monoisotopic (exact) mass is 450 g/mol. The molecule has 3 heterocycles. The summed E-state index contributed by atoms with van der Waals surface area (Å²) in [4.78, 5) is 28.8. The fourth-order valence-electron chi connectivity index (χ4n) is 4.18. The zero-order chi connectivity index (χ0) is 24.3. The summed E-state index contributed by atoms with van der Waals surface area (Å²) >= 11 is 0. The molecule has 7 heteroatoms. The molecule has 3 aromatic rings. The van der Waals surface area contributed by atoms with Crippen LogP contribution in [0.5, 0.6) is 5.75 Å². The number of nitrogens with zero attached hydrogens (tertiary/aromatic N) is 2. The third kappa shape index (κ3) is 4.16. The molecule has 1 aromatic carbocycles. The van der Waals surface area contributed by atoms with E-state index in [1.807, 2.05) is 26.8 Å². The number of aromatic hydroxyl groups is 1. The highest BCUT2D eigenvalue weighted by molar-refractivity contribution is 5.88. The van der Waals surface area contributed by atoms with Gasteiger partial charge in [0.05, 0.1) is 34.6 Å². The Labute approximate surface area is 193 Å². The van der Waals surface area contributed by atoms with Crippen LogP contribution in [0.3, 0.4) is 0 Å². The van der Waals surface area contributed by atoms with Gasteiger partial charge in [-0.3, -0.25) is 9.59 Å². The highest BCUT2D eigenvalue weighted by Gasteiger charge is 2.32. The first kappa shape index (κ1) is 24.2. The molecule has 2 N–H and O–H groups in total. The summed E-state index contributed by atoms with van der Waals surface area (Å²) < 4.78 is 6.46. The van der Waals surface area contributed by atoms with Crippen LogP contribution >= 0.6 is 0 Å². The summed E-state index contributed by atoms with van der Waals surface area (Å²) in [7, 11) is 0. The SMILES string of the molecule is C=CCc1c(O)ccc2nc3c(cc12)Cn1c-3cc(C(C)(O)CC)c(COC=O)c1=O.CC. The number of rotatable bonds is 7. The molecule has 0 fully saturated rings. The van der Waals surface area contributed by atoms with Crippen LogP contribution < -0.4 is 5.56 Å². The molecule has 7 nitrogen and oxygen atoms in total. The minimum absolute atomic E-state index is 0.177. The van der Waals surface area contributed by atoms with Crippen LogP contribution in [-0.2, 0) is 34.7 Å². The number of aromatic nitrogens is 2. The molecule has 0 spiro atoms. The van der Waals surface area contributed by atoms with Crippen molar-refractivity contribution in [2.24, 2.45) is 0 Å². The van der Waals surface area contributed by atoms with Crippen LogP contribution in [0.25, 0.3) is 22.3 Å². The molecule has 0 radical (unpaired) electrons. The maximum absolute atomic E-state index is 13.3. The van der Waals surface area contributed by atoms with Crippen molar-refractivity contribution in [2.45, 2.75) is 59.3 Å². The summed E-state index contributed by atoms with van der Waals surface area (Å²) in [6.07, 6.45) is 2.60. The number of phenolic OH excluding ortho intramolecular Hbond substituents is 1. The van der Waals surface area contributed by atoms with E-state index < -0.39 is 5.60 Å². The number of allylic oxidation sites excluding steroid dienone is 1. The normalized spacial score (nSPS) is 13.4. The first-order valence-corrected chi connectivity index (χ1v) is 11.1. The molecule has 0 saturated carbocycles. The van der Waals surface area contributed by atoms with Crippen LogP contribution in [0, 0.1) is 0 Å². The summed E-state index contributed by atoms with van der Waals surface area (Å²) in [5.74, 6) is 0.177. The largest absolute Gasteiger partial charge is 0.508 e. The molecule has 174 valence electrons. The molecular formula is C26H30N2O5. The number of ether oxygens (including phenoxy) is 1. The molecule has 0 aliphatic carbocycles. The highest BCUT2D eigenvalue weighted by atomic mass is 16.5. The molecule has 2 aromatic heterocycles. The Morgan fingerprint density at radius 1 is 1.27 bits per heavy atom. The quantitative estimate of drug-likeness (QED) is 0.324. The first-order chi connectivity index (χ1) is 15.8. The van der Waals surface area contributed by atoms with E-state index in [2.05, 4.69) is 6.58 Å². The van der Waals surface area contributed by atoms with E-state index >= 15 is 0 Å². The van der Waals surface area contributed by atoms with Crippen molar-refractivity contribution in [2.75, 3.05) is 0 Å². The van der Waals surface area contributed by atoms with Crippen molar-refractivity contribution in [3.05, 3.63) is 69.5 Å². The van der Waals surface area contributed by atoms with E-state index in [4.69, 9.17) is 9.72 Å². The lowest BCUT2D eigenvalue weighted by Gasteiger charge is -2.25. The van der Waals surface area contributed by atoms with Gasteiger partial charge in [0.15, 0.2) is 0 Å². The summed E-state index contributed by atoms with van der Waals surface area (Å²) in [5, 5.41) is 22.0. The number of pyridine rings is 2. The van der Waals surface area contributed by atoms with E-state index in [-0.39, 0.29) is 23.5 Å². The Hall–Kier alpha value is -3.45. The molecule has 1 atom stereocenters. The zero-order valence-electron chi connectivity index (χ0n) is 19.5. The molecule has 1 aliphatic heterocycles. The van der Waals surface area contributed by atoms with E-state index in [1.165, 1.54) is 0 Å². The lowest BCUT2D eigenvalue weighted by atomic mass is 9.89. The van der Waals surface area contributed by atoms with Gasteiger partial charge in [0.25, 0.3) is 12.0 Å². The molecular weight excluding hydrogens is 420 g/mol. The Balaban J connectivity index is 0.00000149. The molecule has 33 heavy (non-hydrogen) atoms. The van der Waals surface area contributed by atoms with Crippen molar-refractivity contribution in [3.8, 4) is 17.1 Å². The predicted molar refractivity (Wildman–Crippen MR) is 128 cm³/mol. The second kappa shape index (κ2) is 9.58. The van der Waals surface area contributed by atoms with Crippen LogP contribution in [0.15, 0.2) is 41.7 Å². The number of benzene rings is 1. The second-order valence-electron chi connectivity index (χ2n) is 7.97. The van der Waals surface area contributed by atoms with Gasteiger partial charge in [-0.25, -0.2) is 4.98 Å². The fourth-order valence-corrected chi connectivity index (χ4v) is 4.18. The smallest absolute Gasteiger partial charge is 0.293 e. The lowest BCUT2D eigenvalue weighted by molar-refractivity contribution is -0.129. The van der Waals surface area contributed by atoms with Crippen LogP contribution in [0.2, 0.25) is 0 Å². The van der Waals surface area contributed by atoms with Crippen LogP contribution in [0.4, 0.5) is 0 Å². The van der Waals surface area contributed by atoms with E-state index in [9.17, 15) is 19.8 Å². The van der Waals surface area contributed by atoms with Crippen molar-refractivity contribution in [1.82, 2.24) is 9.55 Å². The molecule has 1 unspecified atom stereocenters. The summed E-state index contributed by atoms with van der Waals surface area (Å²) in [6, 6.07) is 7.06. The Bertz CT molecular complexity index is 1270. The van der Waals surface area contributed by atoms with Crippen molar-refractivity contribution >= 4 is 17.4 Å². The van der Waals surface area contributed by atoms with Gasteiger partial charge in [0.2, 0.25) is 0 Å². The fraction of sp³-hybridized carbons (Fsp3) is 0.346. The van der Waals surface area contributed by atoms with Gasteiger partial charge in [-0.1, -0.05) is 26.8 Å². The van der Waals surface area contributed by atoms with Crippen molar-refractivity contribution in [1.29, 1.82) is 0 Å². The zero-order valence-corrected chi connectivity index (χ0v) is 19.5. The van der Waals surface area contributed by atoms with Gasteiger partial charge < -0.3 is 19.5 Å². The standard InChI is InChI=1S/C24H24N2O5.C2H6/c1-4-6-15-16-9-14-11-26-20(22(14)25-19(16)7-8-21(15)28)10-18(24(3,30)5-2)17(23(26)29)12-31-13-27;1-2/h4,7-10,13,28,30H,1,5-6,11-12H2,2-3H3;1-2H3. The second-order valence-corrected chi connectivity index (χ2v) is 7.97. The predicted octanol–water partition coefficient (Wildman–Crippen LogP) is 4.18. The number of carbonyl (C=O) groups is 1. The van der Waals surface area contributed by atoms with E-state index in [1.54, 1.807) is 35.8 Å². The summed E-state index contributed by atoms with van der Waals surface area (Å²) in [6.45, 7) is 11.6. The van der Waals surface area contributed by atoms with Crippen LogP contribution in [-0.4, -0.2) is 26.2 Å². The Morgan fingerprint density at radius 2 is 2.00 bits per heavy atom. The minimum atomic E-state index is -1.27. The topological polar surface area (TPSA) is 102 Å². The average molecular weight is 451 g/mol. The molecule has 0 saturated heterocycles. The maximum atomic E-state index is 13.3.